The first kappa shape index (κ1) is 15.5. The van der Waals surface area contributed by atoms with Gasteiger partial charge in [0.2, 0.25) is 0 Å². The van der Waals surface area contributed by atoms with Crippen LogP contribution in [0.5, 0.6) is 0 Å². The second-order valence-corrected chi connectivity index (χ2v) is 6.12. The van der Waals surface area contributed by atoms with Crippen LogP contribution in [-0.2, 0) is 4.74 Å². The molecule has 112 valence electrons. The Bertz CT molecular complexity index is 456. The number of ether oxygens (including phenoxy) is 1. The van der Waals surface area contributed by atoms with Gasteiger partial charge in [-0.05, 0) is 25.0 Å². The van der Waals surface area contributed by atoms with Crippen molar-refractivity contribution >= 4 is 0 Å². The molecular formula is C17H26O3. The molecule has 2 rings (SSSR count). The molecule has 0 radical (unpaired) electrons. The van der Waals surface area contributed by atoms with E-state index in [0.717, 1.165) is 0 Å². The van der Waals surface area contributed by atoms with Crippen molar-refractivity contribution in [1.29, 1.82) is 0 Å². The van der Waals surface area contributed by atoms with E-state index in [2.05, 4.69) is 32.0 Å². The van der Waals surface area contributed by atoms with Crippen LogP contribution in [0.1, 0.15) is 55.9 Å². The zero-order valence-electron chi connectivity index (χ0n) is 12.8. The number of aryl methyl sites for hydroxylation is 1. The van der Waals surface area contributed by atoms with Crippen LogP contribution in [0.2, 0.25) is 0 Å². The van der Waals surface area contributed by atoms with E-state index >= 15 is 0 Å². The van der Waals surface area contributed by atoms with Crippen LogP contribution < -0.4 is 0 Å². The summed E-state index contributed by atoms with van der Waals surface area (Å²) in [7, 11) is 0. The lowest BCUT2D eigenvalue weighted by molar-refractivity contribution is -0.0948. The van der Waals surface area contributed by atoms with Gasteiger partial charge in [-0.3, -0.25) is 0 Å². The van der Waals surface area contributed by atoms with Crippen LogP contribution >= 0.6 is 0 Å². The Hall–Kier alpha value is -0.900. The average molecular weight is 278 g/mol. The highest BCUT2D eigenvalue weighted by atomic mass is 16.5. The lowest BCUT2D eigenvalue weighted by Gasteiger charge is -2.40. The predicted molar refractivity (Wildman–Crippen MR) is 79.8 cm³/mol. The first-order valence-corrected chi connectivity index (χ1v) is 7.50. The van der Waals surface area contributed by atoms with Crippen molar-refractivity contribution in [3.05, 3.63) is 34.9 Å². The van der Waals surface area contributed by atoms with Gasteiger partial charge in [0.05, 0.1) is 18.3 Å². The van der Waals surface area contributed by atoms with Crippen LogP contribution in [0.15, 0.2) is 18.2 Å². The van der Waals surface area contributed by atoms with Gasteiger partial charge in [0.25, 0.3) is 0 Å². The Morgan fingerprint density at radius 2 is 1.95 bits per heavy atom. The van der Waals surface area contributed by atoms with E-state index in [1.54, 1.807) is 0 Å². The summed E-state index contributed by atoms with van der Waals surface area (Å²) in [6, 6.07) is 6.46. The number of rotatable bonds is 4. The van der Waals surface area contributed by atoms with E-state index in [4.69, 9.17) is 4.74 Å². The molecule has 0 aromatic heterocycles. The topological polar surface area (TPSA) is 49.7 Å². The van der Waals surface area contributed by atoms with Gasteiger partial charge in [0.15, 0.2) is 0 Å². The lowest BCUT2D eigenvalue weighted by Crippen LogP contribution is -2.38. The van der Waals surface area contributed by atoms with E-state index in [1.807, 2.05) is 13.8 Å². The van der Waals surface area contributed by atoms with E-state index in [1.165, 1.54) is 16.7 Å². The van der Waals surface area contributed by atoms with Crippen molar-refractivity contribution in [2.75, 3.05) is 6.61 Å². The van der Waals surface area contributed by atoms with Gasteiger partial charge in [-0.25, -0.2) is 0 Å². The van der Waals surface area contributed by atoms with Crippen molar-refractivity contribution in [2.24, 2.45) is 5.92 Å². The van der Waals surface area contributed by atoms with Gasteiger partial charge in [-0.15, -0.1) is 0 Å². The lowest BCUT2D eigenvalue weighted by atomic mass is 9.79. The molecule has 1 heterocycles. The molecule has 0 saturated heterocycles. The molecule has 0 amide bonds. The molecule has 0 spiro atoms. The standard InChI is InChI=1S/C17H26O3/c1-10-5-6-14-12(3)17(11(2)13(4)19)20-16(7-8-18)15(14)9-10/h5-6,9,11-13,16-19H,7-8H2,1-4H3/t11-,12+,13-,16+,17-/m1/s1. The molecule has 0 aliphatic carbocycles. The fourth-order valence-corrected chi connectivity index (χ4v) is 3.14. The van der Waals surface area contributed by atoms with Gasteiger partial charge in [-0.2, -0.15) is 0 Å². The first-order chi connectivity index (χ1) is 9.45. The zero-order chi connectivity index (χ0) is 14.9. The highest BCUT2D eigenvalue weighted by molar-refractivity contribution is 5.38. The van der Waals surface area contributed by atoms with Gasteiger partial charge in [-0.1, -0.05) is 37.6 Å². The quantitative estimate of drug-likeness (QED) is 0.890. The van der Waals surface area contributed by atoms with Crippen molar-refractivity contribution in [3.8, 4) is 0 Å². The van der Waals surface area contributed by atoms with Crippen LogP contribution in [-0.4, -0.2) is 29.0 Å². The summed E-state index contributed by atoms with van der Waals surface area (Å²) in [4.78, 5) is 0. The second kappa shape index (κ2) is 6.25. The summed E-state index contributed by atoms with van der Waals surface area (Å²) in [5.74, 6) is 0.325. The predicted octanol–water partition coefficient (Wildman–Crippen LogP) is 2.94. The second-order valence-electron chi connectivity index (χ2n) is 6.12. The third-order valence-electron chi connectivity index (χ3n) is 4.56. The number of hydrogen-bond acceptors (Lipinski definition) is 3. The maximum Gasteiger partial charge on any atom is 0.0853 e. The fourth-order valence-electron chi connectivity index (χ4n) is 3.14. The normalized spacial score (nSPS) is 28.8. The molecule has 3 heteroatoms. The molecule has 2 N–H and O–H groups in total. The van der Waals surface area contributed by atoms with Crippen molar-refractivity contribution in [2.45, 2.75) is 58.3 Å². The molecule has 1 aliphatic rings. The number of aliphatic hydroxyl groups excluding tert-OH is 2. The first-order valence-electron chi connectivity index (χ1n) is 7.50. The summed E-state index contributed by atoms with van der Waals surface area (Å²) in [6.45, 7) is 8.19. The molecule has 1 aliphatic heterocycles. The van der Waals surface area contributed by atoms with Crippen molar-refractivity contribution in [1.82, 2.24) is 0 Å². The Balaban J connectivity index is 2.38. The number of aliphatic hydroxyl groups is 2. The molecule has 20 heavy (non-hydrogen) atoms. The maximum atomic E-state index is 9.87. The van der Waals surface area contributed by atoms with E-state index < -0.39 is 6.10 Å². The Morgan fingerprint density at radius 3 is 2.55 bits per heavy atom. The third-order valence-corrected chi connectivity index (χ3v) is 4.56. The zero-order valence-corrected chi connectivity index (χ0v) is 12.8. The highest BCUT2D eigenvalue weighted by Crippen LogP contribution is 2.42. The SMILES string of the molecule is Cc1ccc2c(c1)[C@H](CCO)O[C@H]([C@H](C)[C@@H](C)O)[C@H]2C. The Morgan fingerprint density at radius 1 is 1.25 bits per heavy atom. The molecule has 1 aromatic rings. The van der Waals surface area contributed by atoms with Crippen LogP contribution in [0.3, 0.4) is 0 Å². The minimum absolute atomic E-state index is 0.0123. The van der Waals surface area contributed by atoms with E-state index in [0.29, 0.717) is 6.42 Å². The number of fused-ring (bicyclic) bond motifs is 1. The molecule has 0 fully saturated rings. The van der Waals surface area contributed by atoms with Gasteiger partial charge >= 0.3 is 0 Å². The van der Waals surface area contributed by atoms with Gasteiger partial charge in [0, 0.05) is 24.9 Å². The van der Waals surface area contributed by atoms with Crippen LogP contribution in [0.25, 0.3) is 0 Å². The molecule has 1 aromatic carbocycles. The monoisotopic (exact) mass is 278 g/mol. The Kier molecular flexibility index (Phi) is 4.84. The minimum Gasteiger partial charge on any atom is -0.396 e. The summed E-state index contributed by atoms with van der Waals surface area (Å²) >= 11 is 0. The molecule has 5 atom stereocenters. The average Bonchev–Trinajstić information content (AvgIpc) is 2.41. The largest absolute Gasteiger partial charge is 0.396 e. The summed E-state index contributed by atoms with van der Waals surface area (Å²) in [5, 5.41) is 19.2. The third kappa shape index (κ3) is 2.90. The Labute approximate surface area is 121 Å². The maximum absolute atomic E-state index is 9.87. The van der Waals surface area contributed by atoms with Crippen LogP contribution in [0, 0.1) is 12.8 Å². The molecule has 0 saturated carbocycles. The van der Waals surface area contributed by atoms with Gasteiger partial charge in [0.1, 0.15) is 0 Å². The summed E-state index contributed by atoms with van der Waals surface area (Å²) in [6.07, 6.45) is 0.120. The van der Waals surface area contributed by atoms with Crippen molar-refractivity contribution in [3.63, 3.8) is 0 Å². The smallest absolute Gasteiger partial charge is 0.0853 e. The van der Waals surface area contributed by atoms with Crippen molar-refractivity contribution < 1.29 is 14.9 Å². The fraction of sp³-hybridized carbons (Fsp3) is 0.647. The molecule has 3 nitrogen and oxygen atoms in total. The van der Waals surface area contributed by atoms with Gasteiger partial charge < -0.3 is 14.9 Å². The molecular weight excluding hydrogens is 252 g/mol. The summed E-state index contributed by atoms with van der Waals surface area (Å²) < 4.78 is 6.22. The highest BCUT2D eigenvalue weighted by Gasteiger charge is 2.37. The van der Waals surface area contributed by atoms with E-state index in [9.17, 15) is 10.2 Å². The molecule has 0 bridgehead atoms. The number of benzene rings is 1. The minimum atomic E-state index is -0.399. The summed E-state index contributed by atoms with van der Waals surface area (Å²) in [5.41, 5.74) is 3.70. The number of hydrogen-bond donors (Lipinski definition) is 2. The van der Waals surface area contributed by atoms with Crippen LogP contribution in [0.4, 0.5) is 0 Å². The molecule has 0 unspecified atom stereocenters. The van der Waals surface area contributed by atoms with E-state index in [-0.39, 0.29) is 30.7 Å².